The zero-order valence-corrected chi connectivity index (χ0v) is 22.4. The van der Waals surface area contributed by atoms with E-state index in [4.69, 9.17) is 14.5 Å². The van der Waals surface area contributed by atoms with Gasteiger partial charge in [0.1, 0.15) is 12.4 Å². The maximum Gasteiger partial charge on any atom is 0.307 e. The molecule has 2 saturated heterocycles. The molecule has 1 amide bonds. The smallest absolute Gasteiger partial charge is 0.307 e. The summed E-state index contributed by atoms with van der Waals surface area (Å²) in [5.41, 5.74) is 5.66. The average molecular weight is 534 g/mol. The minimum atomic E-state index is -0.672. The van der Waals surface area contributed by atoms with Gasteiger partial charge in [0.15, 0.2) is 5.13 Å². The van der Waals surface area contributed by atoms with Gasteiger partial charge in [0.25, 0.3) is 5.91 Å². The first kappa shape index (κ1) is 24.9. The Morgan fingerprint density at radius 1 is 1.11 bits per heavy atom. The lowest BCUT2D eigenvalue weighted by Gasteiger charge is -2.27. The highest BCUT2D eigenvalue weighted by Crippen LogP contribution is 2.53. The van der Waals surface area contributed by atoms with Gasteiger partial charge in [-0.25, -0.2) is 4.98 Å². The monoisotopic (exact) mass is 533 g/mol. The molecule has 1 saturated carbocycles. The molecule has 3 aliphatic rings. The quantitative estimate of drug-likeness (QED) is 0.486. The van der Waals surface area contributed by atoms with Gasteiger partial charge >= 0.3 is 5.97 Å². The van der Waals surface area contributed by atoms with E-state index in [0.717, 1.165) is 51.9 Å². The number of hydrogen-bond acceptors (Lipinski definition) is 7. The van der Waals surface area contributed by atoms with Crippen LogP contribution in [0.25, 0.3) is 11.3 Å². The number of amides is 1. The number of thiazole rings is 1. The molecule has 0 radical (unpaired) electrons. The fraction of sp³-hybridized carbons (Fsp3) is 0.414. The van der Waals surface area contributed by atoms with Crippen molar-refractivity contribution in [3.05, 3.63) is 64.0 Å². The van der Waals surface area contributed by atoms with E-state index >= 15 is 0 Å². The maximum absolute atomic E-state index is 12.8. The van der Waals surface area contributed by atoms with Crippen LogP contribution in [0.4, 0.5) is 5.13 Å². The number of carboxylic acids is 1. The third-order valence-corrected chi connectivity index (χ3v) is 8.83. The number of hydrogen-bond donors (Lipinski definition) is 1. The summed E-state index contributed by atoms with van der Waals surface area (Å²) in [6.07, 6.45) is 0. The van der Waals surface area contributed by atoms with Crippen molar-refractivity contribution in [3.63, 3.8) is 0 Å². The van der Waals surface area contributed by atoms with E-state index in [1.807, 2.05) is 47.5 Å². The average Bonchev–Trinajstić information content (AvgIpc) is 3.23. The first-order valence-electron chi connectivity index (χ1n) is 13.0. The summed E-state index contributed by atoms with van der Waals surface area (Å²) >= 11 is 1.59. The third-order valence-electron chi connectivity index (χ3n) is 7.92. The van der Waals surface area contributed by atoms with Crippen molar-refractivity contribution in [1.82, 2.24) is 9.88 Å². The Morgan fingerprint density at radius 2 is 1.87 bits per heavy atom. The molecule has 0 spiro atoms. The number of aryl methyl sites for hydroxylation is 2. The summed E-state index contributed by atoms with van der Waals surface area (Å²) in [7, 11) is 0. The Bertz CT molecular complexity index is 1370. The number of aromatic nitrogens is 1. The van der Waals surface area contributed by atoms with Crippen molar-refractivity contribution in [2.24, 2.45) is 17.8 Å². The van der Waals surface area contributed by atoms with Crippen LogP contribution in [-0.4, -0.2) is 66.3 Å². The van der Waals surface area contributed by atoms with E-state index in [1.165, 1.54) is 0 Å². The normalized spacial score (nSPS) is 22.3. The molecule has 3 atom stereocenters. The number of carbonyl (C=O) groups is 2. The molecule has 3 fully saturated rings. The van der Waals surface area contributed by atoms with E-state index in [-0.39, 0.29) is 23.7 Å². The molecule has 0 unspecified atom stereocenters. The van der Waals surface area contributed by atoms with Crippen LogP contribution in [0.2, 0.25) is 0 Å². The van der Waals surface area contributed by atoms with E-state index in [2.05, 4.69) is 17.9 Å². The molecule has 8 nitrogen and oxygen atoms in total. The summed E-state index contributed by atoms with van der Waals surface area (Å²) in [6, 6.07) is 11.9. The SMILES string of the molecule is Cc1ccc(OCc2ccc(C(=O)N3CCOCC3)cc2C)c(-c2csc(N3C[C@@H]4[C@H](C3)[C@@H]4C(=O)O)n2)c1. The van der Waals surface area contributed by atoms with Gasteiger partial charge in [-0.2, -0.15) is 0 Å². The van der Waals surface area contributed by atoms with Crippen LogP contribution in [0, 0.1) is 31.6 Å². The predicted molar refractivity (Wildman–Crippen MR) is 145 cm³/mol. The molecule has 1 aliphatic carbocycles. The first-order valence-corrected chi connectivity index (χ1v) is 13.9. The summed E-state index contributed by atoms with van der Waals surface area (Å²) in [4.78, 5) is 33.1. The minimum absolute atomic E-state index is 0.0396. The number of benzene rings is 2. The Balaban J connectivity index is 1.15. The van der Waals surface area contributed by atoms with Gasteiger partial charge in [-0.05, 0) is 61.1 Å². The Morgan fingerprint density at radius 3 is 2.58 bits per heavy atom. The van der Waals surface area contributed by atoms with Crippen LogP contribution in [-0.2, 0) is 16.1 Å². The number of rotatable bonds is 7. The molecule has 38 heavy (non-hydrogen) atoms. The summed E-state index contributed by atoms with van der Waals surface area (Å²) in [6.45, 7) is 8.38. The van der Waals surface area contributed by atoms with E-state index in [9.17, 15) is 14.7 Å². The standard InChI is InChI=1S/C29H31N3O5S/c1-17-3-6-25(37-15-20-5-4-19(12-18(20)2)27(33)31-7-9-36-10-8-31)21(11-17)24-16-38-29(30-24)32-13-22-23(14-32)26(22)28(34)35/h3-6,11-12,16,22-23,26H,7-10,13-15H2,1-2H3,(H,34,35)/t22-,23+,26-. The van der Waals surface area contributed by atoms with Crippen LogP contribution in [0.1, 0.15) is 27.0 Å². The predicted octanol–water partition coefficient (Wildman–Crippen LogP) is 4.25. The number of aliphatic carboxylic acids is 1. The lowest BCUT2D eigenvalue weighted by Crippen LogP contribution is -2.40. The number of morpholine rings is 1. The highest BCUT2D eigenvalue weighted by atomic mass is 32.1. The number of nitrogens with zero attached hydrogens (tertiary/aromatic N) is 3. The zero-order valence-electron chi connectivity index (χ0n) is 21.6. The Hall–Kier alpha value is -3.43. The van der Waals surface area contributed by atoms with E-state index < -0.39 is 5.97 Å². The first-order chi connectivity index (χ1) is 18.4. The van der Waals surface area contributed by atoms with Gasteiger partial charge in [0, 0.05) is 42.7 Å². The number of ether oxygens (including phenoxy) is 2. The second-order valence-electron chi connectivity index (χ2n) is 10.4. The van der Waals surface area contributed by atoms with Gasteiger partial charge in [0.05, 0.1) is 24.8 Å². The van der Waals surface area contributed by atoms with Crippen LogP contribution >= 0.6 is 11.3 Å². The summed E-state index contributed by atoms with van der Waals surface area (Å²) in [5, 5.41) is 12.3. The van der Waals surface area contributed by atoms with Gasteiger partial charge in [-0.1, -0.05) is 17.7 Å². The summed E-state index contributed by atoms with van der Waals surface area (Å²) in [5.74, 6) is 0.438. The number of piperidine rings is 1. The van der Waals surface area contributed by atoms with Crippen molar-refractivity contribution in [3.8, 4) is 17.0 Å². The minimum Gasteiger partial charge on any atom is -0.488 e. The molecular weight excluding hydrogens is 502 g/mol. The molecule has 9 heteroatoms. The van der Waals surface area contributed by atoms with Crippen LogP contribution in [0.3, 0.4) is 0 Å². The van der Waals surface area contributed by atoms with Crippen molar-refractivity contribution in [2.45, 2.75) is 20.5 Å². The van der Waals surface area contributed by atoms with Gasteiger partial charge in [-0.3, -0.25) is 9.59 Å². The lowest BCUT2D eigenvalue weighted by atomic mass is 10.0. The Labute approximate surface area is 225 Å². The van der Waals surface area contributed by atoms with E-state index in [0.29, 0.717) is 38.5 Å². The number of fused-ring (bicyclic) bond motifs is 1. The number of anilines is 1. The molecule has 0 bridgehead atoms. The molecule has 3 heterocycles. The number of carboxylic acid groups (broad SMARTS) is 1. The second-order valence-corrected chi connectivity index (χ2v) is 11.3. The molecule has 2 aromatic carbocycles. The maximum atomic E-state index is 12.8. The Kier molecular flexibility index (Phi) is 6.57. The number of carbonyl (C=O) groups excluding carboxylic acids is 1. The van der Waals surface area contributed by atoms with Crippen molar-refractivity contribution in [1.29, 1.82) is 0 Å². The molecule has 198 valence electrons. The fourth-order valence-electron chi connectivity index (χ4n) is 5.65. The highest BCUT2D eigenvalue weighted by molar-refractivity contribution is 7.14. The topological polar surface area (TPSA) is 92.2 Å². The highest BCUT2D eigenvalue weighted by Gasteiger charge is 2.60. The van der Waals surface area contributed by atoms with Crippen molar-refractivity contribution in [2.75, 3.05) is 44.3 Å². The molecule has 2 aliphatic heterocycles. The van der Waals surface area contributed by atoms with Crippen LogP contribution in [0.15, 0.2) is 41.8 Å². The van der Waals surface area contributed by atoms with Gasteiger partial charge in [-0.15, -0.1) is 11.3 Å². The molecular formula is C29H31N3O5S. The molecule has 6 rings (SSSR count). The van der Waals surface area contributed by atoms with Crippen LogP contribution < -0.4 is 9.64 Å². The second kappa shape index (κ2) is 10.0. The molecule has 3 aromatic rings. The lowest BCUT2D eigenvalue weighted by molar-refractivity contribution is -0.139. The van der Waals surface area contributed by atoms with Gasteiger partial charge in [0.2, 0.25) is 0 Å². The van der Waals surface area contributed by atoms with Crippen molar-refractivity contribution >= 4 is 28.3 Å². The van der Waals surface area contributed by atoms with Crippen LogP contribution in [0.5, 0.6) is 5.75 Å². The molecule has 1 aromatic heterocycles. The van der Waals surface area contributed by atoms with E-state index in [1.54, 1.807) is 11.3 Å². The largest absolute Gasteiger partial charge is 0.488 e. The van der Waals surface area contributed by atoms with Gasteiger partial charge < -0.3 is 24.4 Å². The zero-order chi connectivity index (χ0) is 26.4. The fourth-order valence-corrected chi connectivity index (χ4v) is 6.49. The summed E-state index contributed by atoms with van der Waals surface area (Å²) < 4.78 is 11.7. The third kappa shape index (κ3) is 4.76. The van der Waals surface area contributed by atoms with Crippen molar-refractivity contribution < 1.29 is 24.2 Å². The molecule has 1 N–H and O–H groups in total.